The summed E-state index contributed by atoms with van der Waals surface area (Å²) in [7, 11) is 1.89. The molecule has 0 saturated carbocycles. The first kappa shape index (κ1) is 5.13. The number of allylic oxidation sites excluding steroid dienone is 3. The molecule has 0 unspecified atom stereocenters. The number of rotatable bonds is 0. The minimum absolute atomic E-state index is 1.14. The van der Waals surface area contributed by atoms with E-state index < -0.39 is 0 Å². The van der Waals surface area contributed by atoms with Gasteiger partial charge in [-0.05, 0) is 13.0 Å². The van der Waals surface area contributed by atoms with E-state index in [2.05, 4.69) is 11.0 Å². The molecule has 0 atom stereocenters. The van der Waals surface area contributed by atoms with Crippen molar-refractivity contribution in [1.82, 2.24) is 5.01 Å². The fourth-order valence-electron chi connectivity index (χ4n) is 0.465. The van der Waals surface area contributed by atoms with E-state index in [1.54, 1.807) is 11.1 Å². The summed E-state index contributed by atoms with van der Waals surface area (Å²) in [5.41, 5.74) is 1.14. The van der Waals surface area contributed by atoms with Crippen molar-refractivity contribution in [2.45, 2.75) is 6.92 Å². The van der Waals surface area contributed by atoms with Crippen molar-refractivity contribution in [2.75, 3.05) is 7.05 Å². The van der Waals surface area contributed by atoms with Gasteiger partial charge in [0.1, 0.15) is 0 Å². The minimum atomic E-state index is 1.14. The van der Waals surface area contributed by atoms with Crippen molar-refractivity contribution in [3.63, 3.8) is 0 Å². The van der Waals surface area contributed by atoms with Crippen LogP contribution in [0.5, 0.6) is 0 Å². The molecule has 0 amide bonds. The van der Waals surface area contributed by atoms with Crippen LogP contribution in [0.1, 0.15) is 6.92 Å². The normalized spacial score (nSPS) is 16.8. The Kier molecular flexibility index (Phi) is 1.18. The highest BCUT2D eigenvalue weighted by atomic mass is 15.4. The van der Waals surface area contributed by atoms with Gasteiger partial charge in [0, 0.05) is 24.7 Å². The third-order valence-electron chi connectivity index (χ3n) is 1.12. The lowest BCUT2D eigenvalue weighted by Crippen LogP contribution is -2.08. The minimum Gasteiger partial charge on any atom is -0.265 e. The van der Waals surface area contributed by atoms with Gasteiger partial charge in [-0.3, -0.25) is 5.01 Å². The van der Waals surface area contributed by atoms with Crippen molar-refractivity contribution >= 4 is 5.87 Å². The van der Waals surface area contributed by atoms with Gasteiger partial charge in [0.15, 0.2) is 0 Å². The average molecular weight is 108 g/mol. The van der Waals surface area contributed by atoms with Gasteiger partial charge in [0.05, 0.1) is 0 Å². The average Bonchev–Trinajstić information content (AvgIpc) is 1.77. The van der Waals surface area contributed by atoms with Crippen molar-refractivity contribution < 1.29 is 0 Å². The second kappa shape index (κ2) is 1.85. The summed E-state index contributed by atoms with van der Waals surface area (Å²) in [5, 5.41) is 5.65. The van der Waals surface area contributed by atoms with Gasteiger partial charge in [-0.15, -0.1) is 5.10 Å². The second-order valence-electron chi connectivity index (χ2n) is 1.73. The highest BCUT2D eigenvalue weighted by molar-refractivity contribution is 5.56. The second-order valence-corrected chi connectivity index (χ2v) is 1.73. The fraction of sp³-hybridized carbons (Fsp3) is 0.333. The molecule has 0 aromatic heterocycles. The van der Waals surface area contributed by atoms with Crippen LogP contribution in [0.25, 0.3) is 0 Å². The monoisotopic (exact) mass is 108 g/mol. The Balaban J connectivity index is 2.86. The number of nitrogens with zero attached hydrogens (tertiary/aromatic N) is 2. The standard InChI is InChI=1S/C6H8N2/c1-6-4-3-5-7-8(6)2/h3-4H,1-2H3. The largest absolute Gasteiger partial charge is 0.265 e. The van der Waals surface area contributed by atoms with Crippen LogP contribution in [-0.2, 0) is 0 Å². The van der Waals surface area contributed by atoms with Crippen LogP contribution in [0.2, 0.25) is 0 Å². The van der Waals surface area contributed by atoms with Gasteiger partial charge < -0.3 is 0 Å². The summed E-state index contributed by atoms with van der Waals surface area (Å²) in [6.07, 6.45) is 3.77. The molecule has 0 aromatic rings. The number of hydrazone groups is 1. The molecular weight excluding hydrogens is 100 g/mol. The Morgan fingerprint density at radius 3 is 2.88 bits per heavy atom. The summed E-state index contributed by atoms with van der Waals surface area (Å²) < 4.78 is 0. The van der Waals surface area contributed by atoms with Gasteiger partial charge in [-0.2, -0.15) is 0 Å². The van der Waals surface area contributed by atoms with Crippen LogP contribution in [0, 0.1) is 0 Å². The summed E-state index contributed by atoms with van der Waals surface area (Å²) >= 11 is 0. The molecule has 42 valence electrons. The topological polar surface area (TPSA) is 15.6 Å². The van der Waals surface area contributed by atoms with Gasteiger partial charge in [0.25, 0.3) is 0 Å². The van der Waals surface area contributed by atoms with Crippen LogP contribution in [0.3, 0.4) is 0 Å². The van der Waals surface area contributed by atoms with Crippen LogP contribution in [0.15, 0.2) is 23.0 Å². The molecule has 1 aliphatic heterocycles. The molecule has 0 aromatic carbocycles. The van der Waals surface area contributed by atoms with Crippen molar-refractivity contribution in [3.8, 4) is 0 Å². The van der Waals surface area contributed by atoms with E-state index >= 15 is 0 Å². The van der Waals surface area contributed by atoms with Crippen LogP contribution in [0.4, 0.5) is 0 Å². The predicted octanol–water partition coefficient (Wildman–Crippen LogP) is 0.977. The Morgan fingerprint density at radius 2 is 2.50 bits per heavy atom. The number of hydrogen-bond donors (Lipinski definition) is 0. The van der Waals surface area contributed by atoms with E-state index in [1.165, 1.54) is 0 Å². The van der Waals surface area contributed by atoms with Crippen molar-refractivity contribution in [3.05, 3.63) is 17.8 Å². The van der Waals surface area contributed by atoms with Crippen LogP contribution in [-0.4, -0.2) is 17.9 Å². The maximum absolute atomic E-state index is 3.87. The third-order valence-corrected chi connectivity index (χ3v) is 1.12. The molecule has 0 spiro atoms. The molecule has 2 nitrogen and oxygen atoms in total. The molecule has 8 heavy (non-hydrogen) atoms. The van der Waals surface area contributed by atoms with Gasteiger partial charge in [0.2, 0.25) is 0 Å². The molecular formula is C6H8N2. The van der Waals surface area contributed by atoms with E-state index in [0.29, 0.717) is 0 Å². The molecule has 2 heteroatoms. The van der Waals surface area contributed by atoms with E-state index in [0.717, 1.165) is 5.70 Å². The summed E-state index contributed by atoms with van der Waals surface area (Å²) in [4.78, 5) is 0. The van der Waals surface area contributed by atoms with E-state index in [9.17, 15) is 0 Å². The number of hydrogen-bond acceptors (Lipinski definition) is 2. The van der Waals surface area contributed by atoms with Crippen molar-refractivity contribution in [1.29, 1.82) is 0 Å². The van der Waals surface area contributed by atoms with E-state index in [1.807, 2.05) is 20.0 Å². The SMILES string of the molecule is CC1=CC=C=NN1C. The molecule has 1 rings (SSSR count). The van der Waals surface area contributed by atoms with E-state index in [4.69, 9.17) is 0 Å². The lowest BCUT2D eigenvalue weighted by Gasteiger charge is -2.11. The van der Waals surface area contributed by atoms with Gasteiger partial charge >= 0.3 is 0 Å². The Bertz CT molecular complexity index is 173. The fourth-order valence-corrected chi connectivity index (χ4v) is 0.465. The molecule has 0 radical (unpaired) electrons. The van der Waals surface area contributed by atoms with E-state index in [-0.39, 0.29) is 0 Å². The highest BCUT2D eigenvalue weighted by Gasteiger charge is 1.93. The predicted molar refractivity (Wildman–Crippen MR) is 33.5 cm³/mol. The Labute approximate surface area is 48.8 Å². The van der Waals surface area contributed by atoms with Crippen LogP contribution < -0.4 is 0 Å². The Morgan fingerprint density at radius 1 is 1.75 bits per heavy atom. The molecule has 1 heterocycles. The summed E-state index contributed by atoms with van der Waals surface area (Å²) in [6.45, 7) is 2.00. The lowest BCUT2D eigenvalue weighted by atomic mass is 10.4. The molecule has 1 aliphatic rings. The molecule has 0 bridgehead atoms. The first-order valence-corrected chi connectivity index (χ1v) is 2.51. The highest BCUT2D eigenvalue weighted by Crippen LogP contribution is 2.01. The molecule has 0 N–H and O–H groups in total. The summed E-state index contributed by atoms with van der Waals surface area (Å²) in [5.74, 6) is 2.71. The third kappa shape index (κ3) is 0.796. The summed E-state index contributed by atoms with van der Waals surface area (Å²) in [6, 6.07) is 0. The Hall–Kier alpha value is -1.01. The first-order chi connectivity index (χ1) is 3.80. The maximum atomic E-state index is 3.87. The zero-order valence-corrected chi connectivity index (χ0v) is 5.05. The first-order valence-electron chi connectivity index (χ1n) is 2.51. The smallest absolute Gasteiger partial charge is 0.0347 e. The van der Waals surface area contributed by atoms with Gasteiger partial charge in [-0.1, -0.05) is 0 Å². The molecule has 0 saturated heterocycles. The zero-order valence-electron chi connectivity index (χ0n) is 5.05. The quantitative estimate of drug-likeness (QED) is 0.451. The molecule has 0 aliphatic carbocycles. The maximum Gasteiger partial charge on any atom is 0.0347 e. The van der Waals surface area contributed by atoms with Crippen LogP contribution >= 0.6 is 0 Å². The lowest BCUT2D eigenvalue weighted by molar-refractivity contribution is 0.448. The molecule has 0 fully saturated rings. The van der Waals surface area contributed by atoms with Crippen molar-refractivity contribution in [2.24, 2.45) is 5.10 Å². The zero-order chi connectivity index (χ0) is 5.98. The van der Waals surface area contributed by atoms with Gasteiger partial charge in [-0.25, -0.2) is 0 Å².